The monoisotopic (exact) mass is 393 g/mol. The lowest BCUT2D eigenvalue weighted by Crippen LogP contribution is -2.19. The van der Waals surface area contributed by atoms with Gasteiger partial charge in [-0.25, -0.2) is 0 Å². The number of nitrogens with zero attached hydrogens (tertiary/aromatic N) is 2. The predicted octanol–water partition coefficient (Wildman–Crippen LogP) is 3.59. The zero-order valence-electron chi connectivity index (χ0n) is 15.2. The number of non-ortho nitro benzene ring substituents is 1. The Hall–Kier alpha value is -2.84. The number of nitro groups is 1. The van der Waals surface area contributed by atoms with Gasteiger partial charge in [-0.1, -0.05) is 17.7 Å². The molecular formula is C18H20ClN3O5. The quantitative estimate of drug-likeness (QED) is 0.418. The van der Waals surface area contributed by atoms with Crippen LogP contribution < -0.4 is 15.0 Å². The van der Waals surface area contributed by atoms with Crippen LogP contribution in [0.3, 0.4) is 0 Å². The highest BCUT2D eigenvalue weighted by atomic mass is 35.5. The van der Waals surface area contributed by atoms with Crippen LogP contribution in [0.4, 0.5) is 17.1 Å². The molecule has 2 rings (SSSR count). The maximum atomic E-state index is 12.8. The number of benzene rings is 2. The molecule has 0 bridgehead atoms. The van der Waals surface area contributed by atoms with Crippen molar-refractivity contribution in [2.24, 2.45) is 0 Å². The van der Waals surface area contributed by atoms with Crippen LogP contribution in [0.15, 0.2) is 36.4 Å². The Kier molecular flexibility index (Phi) is 6.98. The summed E-state index contributed by atoms with van der Waals surface area (Å²) in [5, 5.41) is 14.1. The van der Waals surface area contributed by atoms with Crippen molar-refractivity contribution in [1.29, 1.82) is 0 Å². The molecule has 0 saturated heterocycles. The number of carbonyl (C=O) groups is 1. The van der Waals surface area contributed by atoms with Gasteiger partial charge >= 0.3 is 0 Å². The molecule has 0 saturated carbocycles. The van der Waals surface area contributed by atoms with Crippen molar-refractivity contribution in [3.63, 3.8) is 0 Å². The molecule has 0 aliphatic rings. The standard InChI is InChI=1S/C18H20ClN3O5/c1-21(2)16-8-7-12(22(24)25)11-13(16)18(23)20-15-6-4-5-14(19)17(15)27-10-9-26-3/h4-8,11H,9-10H2,1-3H3,(H,20,23). The zero-order chi connectivity index (χ0) is 20.0. The van der Waals surface area contributed by atoms with E-state index in [0.29, 0.717) is 28.8 Å². The molecule has 0 spiro atoms. The smallest absolute Gasteiger partial charge is 0.270 e. The molecule has 0 aliphatic carbocycles. The van der Waals surface area contributed by atoms with Gasteiger partial charge < -0.3 is 19.7 Å². The van der Waals surface area contributed by atoms with Crippen molar-refractivity contribution >= 4 is 34.6 Å². The Bertz CT molecular complexity index is 842. The molecule has 0 aliphatic heterocycles. The van der Waals surface area contributed by atoms with Crippen LogP contribution in [-0.2, 0) is 4.74 Å². The third kappa shape index (κ3) is 5.08. The molecular weight excluding hydrogens is 374 g/mol. The van der Waals surface area contributed by atoms with Crippen molar-refractivity contribution in [2.45, 2.75) is 0 Å². The first-order valence-electron chi connectivity index (χ1n) is 8.02. The highest BCUT2D eigenvalue weighted by Gasteiger charge is 2.20. The zero-order valence-corrected chi connectivity index (χ0v) is 15.9. The third-order valence-corrected chi connectivity index (χ3v) is 3.96. The third-order valence-electron chi connectivity index (χ3n) is 3.67. The number of anilines is 2. The molecule has 1 amide bonds. The summed E-state index contributed by atoms with van der Waals surface area (Å²) in [6.07, 6.45) is 0. The summed E-state index contributed by atoms with van der Waals surface area (Å²) >= 11 is 6.17. The van der Waals surface area contributed by atoms with E-state index >= 15 is 0 Å². The van der Waals surface area contributed by atoms with Gasteiger partial charge in [0.25, 0.3) is 11.6 Å². The minimum absolute atomic E-state index is 0.164. The molecule has 144 valence electrons. The molecule has 1 N–H and O–H groups in total. The first-order chi connectivity index (χ1) is 12.8. The number of para-hydroxylation sites is 1. The predicted molar refractivity (Wildman–Crippen MR) is 104 cm³/mol. The Morgan fingerprint density at radius 3 is 2.63 bits per heavy atom. The summed E-state index contributed by atoms with van der Waals surface area (Å²) in [4.78, 5) is 25.0. The van der Waals surface area contributed by atoms with E-state index in [2.05, 4.69) is 5.32 Å². The molecule has 0 heterocycles. The summed E-state index contributed by atoms with van der Waals surface area (Å²) in [6.45, 7) is 0.608. The number of amides is 1. The van der Waals surface area contributed by atoms with E-state index in [9.17, 15) is 14.9 Å². The van der Waals surface area contributed by atoms with E-state index in [1.165, 1.54) is 18.2 Å². The van der Waals surface area contributed by atoms with E-state index in [4.69, 9.17) is 21.1 Å². The molecule has 0 radical (unpaired) electrons. The minimum Gasteiger partial charge on any atom is -0.487 e. The van der Waals surface area contributed by atoms with E-state index < -0.39 is 10.8 Å². The van der Waals surface area contributed by atoms with Crippen molar-refractivity contribution in [3.05, 3.63) is 57.1 Å². The van der Waals surface area contributed by atoms with E-state index in [-0.39, 0.29) is 17.9 Å². The number of ether oxygens (including phenoxy) is 2. The van der Waals surface area contributed by atoms with E-state index in [0.717, 1.165) is 0 Å². The van der Waals surface area contributed by atoms with Crippen molar-refractivity contribution in [2.75, 3.05) is 44.6 Å². The minimum atomic E-state index is -0.547. The number of halogens is 1. The van der Waals surface area contributed by atoms with Gasteiger partial charge in [-0.3, -0.25) is 14.9 Å². The Morgan fingerprint density at radius 2 is 2.00 bits per heavy atom. The highest BCUT2D eigenvalue weighted by Crippen LogP contribution is 2.34. The van der Waals surface area contributed by atoms with Gasteiger partial charge in [0.2, 0.25) is 0 Å². The van der Waals surface area contributed by atoms with Crippen LogP contribution in [-0.4, -0.2) is 45.2 Å². The Labute approximate surface area is 161 Å². The summed E-state index contributed by atoms with van der Waals surface area (Å²) < 4.78 is 10.5. The Balaban J connectivity index is 2.36. The summed E-state index contributed by atoms with van der Waals surface area (Å²) in [5.41, 5.74) is 0.896. The molecule has 0 atom stereocenters. The lowest BCUT2D eigenvalue weighted by Gasteiger charge is -2.18. The van der Waals surface area contributed by atoms with Crippen LogP contribution >= 0.6 is 11.6 Å². The maximum absolute atomic E-state index is 12.8. The van der Waals surface area contributed by atoms with Gasteiger partial charge in [0, 0.05) is 39.0 Å². The van der Waals surface area contributed by atoms with Gasteiger partial charge in [-0.2, -0.15) is 0 Å². The second-order valence-corrected chi connectivity index (χ2v) is 6.17. The number of methoxy groups -OCH3 is 1. The molecule has 9 heteroatoms. The summed E-state index contributed by atoms with van der Waals surface area (Å²) in [7, 11) is 5.04. The van der Waals surface area contributed by atoms with E-state index in [1.807, 2.05) is 0 Å². The lowest BCUT2D eigenvalue weighted by atomic mass is 10.1. The molecule has 27 heavy (non-hydrogen) atoms. The van der Waals surface area contributed by atoms with Crippen molar-refractivity contribution < 1.29 is 19.2 Å². The molecule has 0 aromatic heterocycles. The fraction of sp³-hybridized carbons (Fsp3) is 0.278. The molecule has 0 unspecified atom stereocenters. The number of carbonyl (C=O) groups excluding carboxylic acids is 1. The van der Waals surface area contributed by atoms with Crippen LogP contribution in [0.25, 0.3) is 0 Å². The largest absolute Gasteiger partial charge is 0.487 e. The number of nitro benzene ring substituents is 1. The summed E-state index contributed by atoms with van der Waals surface area (Å²) in [6, 6.07) is 9.06. The lowest BCUT2D eigenvalue weighted by molar-refractivity contribution is -0.384. The molecule has 8 nitrogen and oxygen atoms in total. The molecule has 2 aromatic carbocycles. The van der Waals surface area contributed by atoms with Gasteiger partial charge in [-0.05, 0) is 18.2 Å². The highest BCUT2D eigenvalue weighted by molar-refractivity contribution is 6.32. The van der Waals surface area contributed by atoms with Gasteiger partial charge in [0.15, 0.2) is 5.75 Å². The van der Waals surface area contributed by atoms with Crippen LogP contribution in [0.5, 0.6) is 5.75 Å². The van der Waals surface area contributed by atoms with Gasteiger partial charge in [0.05, 0.1) is 27.8 Å². The fourth-order valence-corrected chi connectivity index (χ4v) is 2.61. The number of hydrogen-bond acceptors (Lipinski definition) is 6. The SMILES string of the molecule is COCCOc1c(Cl)cccc1NC(=O)c1cc([N+](=O)[O-])ccc1N(C)C. The van der Waals surface area contributed by atoms with Gasteiger partial charge in [0.1, 0.15) is 6.61 Å². The van der Waals surface area contributed by atoms with Crippen LogP contribution in [0.2, 0.25) is 5.02 Å². The summed E-state index contributed by atoms with van der Waals surface area (Å²) in [5.74, 6) is -0.206. The maximum Gasteiger partial charge on any atom is 0.270 e. The van der Waals surface area contributed by atoms with Crippen LogP contribution in [0.1, 0.15) is 10.4 Å². The molecule has 0 fully saturated rings. The Morgan fingerprint density at radius 1 is 1.26 bits per heavy atom. The van der Waals surface area contributed by atoms with E-state index in [1.54, 1.807) is 44.3 Å². The second kappa shape index (κ2) is 9.20. The van der Waals surface area contributed by atoms with Crippen molar-refractivity contribution in [3.8, 4) is 5.75 Å². The second-order valence-electron chi connectivity index (χ2n) is 5.76. The first kappa shape index (κ1) is 20.5. The number of hydrogen-bond donors (Lipinski definition) is 1. The van der Waals surface area contributed by atoms with Crippen LogP contribution in [0, 0.1) is 10.1 Å². The number of nitrogens with one attached hydrogen (secondary N) is 1. The average Bonchev–Trinajstić information content (AvgIpc) is 2.63. The normalized spacial score (nSPS) is 10.4. The fourth-order valence-electron chi connectivity index (χ4n) is 2.38. The van der Waals surface area contributed by atoms with Crippen molar-refractivity contribution in [1.82, 2.24) is 0 Å². The average molecular weight is 394 g/mol. The topological polar surface area (TPSA) is 93.9 Å². The molecule has 2 aromatic rings. The van der Waals surface area contributed by atoms with Gasteiger partial charge in [-0.15, -0.1) is 0 Å². The number of rotatable bonds is 8. The first-order valence-corrected chi connectivity index (χ1v) is 8.40.